The first-order valence-electron chi connectivity index (χ1n) is 9.93. The van der Waals surface area contributed by atoms with Gasteiger partial charge in [-0.1, -0.05) is 6.07 Å². The molecule has 0 atom stereocenters. The number of benzene rings is 1. The summed E-state index contributed by atoms with van der Waals surface area (Å²) in [4.78, 5) is 2.70. The number of aromatic hydroxyl groups is 1. The molecular formula is C21H34N2O2. The van der Waals surface area contributed by atoms with Crippen molar-refractivity contribution in [3.8, 4) is 5.75 Å². The normalized spacial score (nSPS) is 28.8. The molecule has 2 aliphatic rings. The Morgan fingerprint density at radius 2 is 1.88 bits per heavy atom. The third-order valence-corrected chi connectivity index (χ3v) is 6.18. The van der Waals surface area contributed by atoms with Crippen LogP contribution in [0.2, 0.25) is 0 Å². The quantitative estimate of drug-likeness (QED) is 0.780. The number of piperidine rings is 1. The van der Waals surface area contributed by atoms with Crippen LogP contribution in [0.4, 0.5) is 5.69 Å². The van der Waals surface area contributed by atoms with Crippen LogP contribution >= 0.6 is 0 Å². The molecular weight excluding hydrogens is 312 g/mol. The molecule has 140 valence electrons. The Bertz CT molecular complexity index is 559. The van der Waals surface area contributed by atoms with Crippen LogP contribution in [0.5, 0.6) is 5.75 Å². The van der Waals surface area contributed by atoms with Crippen LogP contribution in [0.15, 0.2) is 18.2 Å². The monoisotopic (exact) mass is 346 g/mol. The fourth-order valence-electron chi connectivity index (χ4n) is 4.48. The van der Waals surface area contributed by atoms with Crippen LogP contribution in [0.25, 0.3) is 0 Å². The topological polar surface area (TPSA) is 44.7 Å². The summed E-state index contributed by atoms with van der Waals surface area (Å²) in [5.74, 6) is 0.356. The smallest absolute Gasteiger partial charge is 0.138 e. The number of rotatable bonds is 5. The maximum Gasteiger partial charge on any atom is 0.138 e. The van der Waals surface area contributed by atoms with Gasteiger partial charge in [0.1, 0.15) is 5.75 Å². The maximum atomic E-state index is 10.0. The highest BCUT2D eigenvalue weighted by molar-refractivity contribution is 5.57. The summed E-state index contributed by atoms with van der Waals surface area (Å²) >= 11 is 0. The summed E-state index contributed by atoms with van der Waals surface area (Å²) in [7, 11) is 0. The van der Waals surface area contributed by atoms with E-state index in [1.807, 2.05) is 12.1 Å². The zero-order valence-electron chi connectivity index (χ0n) is 16.1. The molecule has 0 bridgehead atoms. The Hall–Kier alpha value is -1.26. The molecule has 1 heterocycles. The van der Waals surface area contributed by atoms with Crippen molar-refractivity contribution in [2.45, 2.75) is 77.0 Å². The molecule has 1 saturated heterocycles. The molecule has 0 spiro atoms. The molecule has 2 N–H and O–H groups in total. The van der Waals surface area contributed by atoms with E-state index < -0.39 is 0 Å². The van der Waals surface area contributed by atoms with Crippen molar-refractivity contribution in [3.05, 3.63) is 23.8 Å². The summed E-state index contributed by atoms with van der Waals surface area (Å²) in [5, 5.41) is 13.6. The van der Waals surface area contributed by atoms with Crippen LogP contribution in [0.3, 0.4) is 0 Å². The van der Waals surface area contributed by atoms with Crippen LogP contribution in [-0.2, 0) is 4.74 Å². The number of nitrogens with zero attached hydrogens (tertiary/aromatic N) is 1. The SMILES string of the molecule is CCO[C@H]1CC[C@](C)(N2CCC(Nc3cc(C)ccc3O)CC2)CC1. The Morgan fingerprint density at radius 1 is 1.20 bits per heavy atom. The molecule has 3 rings (SSSR count). The van der Waals surface area contributed by atoms with Gasteiger partial charge in [0.15, 0.2) is 0 Å². The minimum Gasteiger partial charge on any atom is -0.506 e. The van der Waals surface area contributed by atoms with E-state index in [0.717, 1.165) is 38.2 Å². The van der Waals surface area contributed by atoms with Gasteiger partial charge in [-0.3, -0.25) is 4.90 Å². The molecule has 1 aliphatic carbocycles. The average molecular weight is 347 g/mol. The highest BCUT2D eigenvalue weighted by atomic mass is 16.5. The van der Waals surface area contributed by atoms with E-state index in [1.54, 1.807) is 6.07 Å². The summed E-state index contributed by atoms with van der Waals surface area (Å²) in [5.41, 5.74) is 2.39. The third-order valence-electron chi connectivity index (χ3n) is 6.18. The van der Waals surface area contributed by atoms with Crippen LogP contribution in [0.1, 0.15) is 57.9 Å². The number of likely N-dealkylation sites (tertiary alicyclic amines) is 1. The van der Waals surface area contributed by atoms with Gasteiger partial charge in [-0.05, 0) is 77.0 Å². The predicted octanol–water partition coefficient (Wildman–Crippen LogP) is 4.31. The van der Waals surface area contributed by atoms with Gasteiger partial charge in [0.05, 0.1) is 11.8 Å². The van der Waals surface area contributed by atoms with Crippen molar-refractivity contribution < 1.29 is 9.84 Å². The van der Waals surface area contributed by atoms with Gasteiger partial charge < -0.3 is 15.2 Å². The molecule has 0 amide bonds. The highest BCUT2D eigenvalue weighted by Crippen LogP contribution is 2.37. The summed E-state index contributed by atoms with van der Waals surface area (Å²) in [6, 6.07) is 6.22. The second-order valence-electron chi connectivity index (χ2n) is 8.08. The number of hydrogen-bond donors (Lipinski definition) is 2. The molecule has 0 aromatic heterocycles. The highest BCUT2D eigenvalue weighted by Gasteiger charge is 2.38. The number of nitrogens with one attached hydrogen (secondary N) is 1. The Morgan fingerprint density at radius 3 is 2.52 bits per heavy atom. The van der Waals surface area contributed by atoms with E-state index in [2.05, 4.69) is 31.0 Å². The molecule has 0 radical (unpaired) electrons. The first-order chi connectivity index (χ1) is 12.0. The van der Waals surface area contributed by atoms with E-state index in [9.17, 15) is 5.11 Å². The van der Waals surface area contributed by atoms with Gasteiger partial charge in [-0.2, -0.15) is 0 Å². The maximum absolute atomic E-state index is 10.0. The lowest BCUT2D eigenvalue weighted by molar-refractivity contribution is -0.0242. The third kappa shape index (κ3) is 4.48. The Labute approximate surface area is 152 Å². The Kier molecular flexibility index (Phi) is 5.90. The largest absolute Gasteiger partial charge is 0.506 e. The van der Waals surface area contributed by atoms with E-state index in [0.29, 0.717) is 23.4 Å². The number of phenolic OH excluding ortho intramolecular Hbond substituents is 1. The zero-order chi connectivity index (χ0) is 17.9. The van der Waals surface area contributed by atoms with Gasteiger partial charge in [0.2, 0.25) is 0 Å². The summed E-state index contributed by atoms with van der Waals surface area (Å²) in [6.45, 7) is 9.71. The molecule has 1 saturated carbocycles. The molecule has 4 nitrogen and oxygen atoms in total. The molecule has 1 aromatic carbocycles. The lowest BCUT2D eigenvalue weighted by Crippen LogP contribution is -2.53. The van der Waals surface area contributed by atoms with E-state index in [1.165, 1.54) is 31.2 Å². The summed E-state index contributed by atoms with van der Waals surface area (Å²) in [6.07, 6.45) is 7.62. The first kappa shape index (κ1) is 18.5. The number of phenols is 1. The van der Waals surface area contributed by atoms with Crippen molar-refractivity contribution in [3.63, 3.8) is 0 Å². The molecule has 4 heteroatoms. The van der Waals surface area contributed by atoms with Crippen LogP contribution in [0, 0.1) is 6.92 Å². The van der Waals surface area contributed by atoms with Crippen LogP contribution in [-0.4, -0.2) is 47.4 Å². The summed E-state index contributed by atoms with van der Waals surface area (Å²) < 4.78 is 5.82. The van der Waals surface area contributed by atoms with Crippen molar-refractivity contribution >= 4 is 5.69 Å². The fraction of sp³-hybridized carbons (Fsp3) is 0.714. The average Bonchev–Trinajstić information content (AvgIpc) is 2.61. The number of anilines is 1. The van der Waals surface area contributed by atoms with Crippen molar-refractivity contribution in [1.82, 2.24) is 4.90 Å². The predicted molar refractivity (Wildman–Crippen MR) is 103 cm³/mol. The Balaban J connectivity index is 1.51. The molecule has 25 heavy (non-hydrogen) atoms. The lowest BCUT2D eigenvalue weighted by atomic mass is 9.79. The standard InChI is InChI=1S/C21H34N2O2/c1-4-25-18-7-11-21(3,12-8-18)23-13-9-17(10-14-23)22-19-15-16(2)5-6-20(19)24/h5-6,15,17-18,22,24H,4,7-14H2,1-3H3/t18-,21-. The fourth-order valence-corrected chi connectivity index (χ4v) is 4.48. The van der Waals surface area contributed by atoms with Gasteiger partial charge >= 0.3 is 0 Å². The second kappa shape index (κ2) is 7.96. The number of ether oxygens (including phenoxy) is 1. The molecule has 1 aliphatic heterocycles. The molecule has 2 fully saturated rings. The van der Waals surface area contributed by atoms with E-state index in [-0.39, 0.29) is 0 Å². The van der Waals surface area contributed by atoms with Crippen molar-refractivity contribution in [2.75, 3.05) is 25.0 Å². The van der Waals surface area contributed by atoms with Gasteiger partial charge in [-0.15, -0.1) is 0 Å². The second-order valence-corrected chi connectivity index (χ2v) is 8.08. The van der Waals surface area contributed by atoms with Crippen molar-refractivity contribution in [2.24, 2.45) is 0 Å². The minimum atomic E-state index is 0.337. The van der Waals surface area contributed by atoms with Gasteiger partial charge in [0, 0.05) is 31.3 Å². The number of aryl methyl sites for hydroxylation is 1. The van der Waals surface area contributed by atoms with E-state index >= 15 is 0 Å². The number of hydrogen-bond acceptors (Lipinski definition) is 4. The van der Waals surface area contributed by atoms with Crippen LogP contribution < -0.4 is 5.32 Å². The molecule has 0 unspecified atom stereocenters. The van der Waals surface area contributed by atoms with Gasteiger partial charge in [-0.25, -0.2) is 0 Å². The molecule has 1 aromatic rings. The lowest BCUT2D eigenvalue weighted by Gasteiger charge is -2.48. The van der Waals surface area contributed by atoms with E-state index in [4.69, 9.17) is 4.74 Å². The zero-order valence-corrected chi connectivity index (χ0v) is 16.1. The van der Waals surface area contributed by atoms with Crippen molar-refractivity contribution in [1.29, 1.82) is 0 Å². The minimum absolute atomic E-state index is 0.337. The first-order valence-corrected chi connectivity index (χ1v) is 9.93. The van der Waals surface area contributed by atoms with Gasteiger partial charge in [0.25, 0.3) is 0 Å².